The number of hydrogen-bond donors (Lipinski definition) is 2. The lowest BCUT2D eigenvalue weighted by molar-refractivity contribution is -0.137. The summed E-state index contributed by atoms with van der Waals surface area (Å²) in [5.41, 5.74) is 1.57. The Morgan fingerprint density at radius 3 is 2.71 bits per heavy atom. The third-order valence-corrected chi connectivity index (χ3v) is 5.28. The largest absolute Gasteiger partial charge is 0.421 e. The summed E-state index contributed by atoms with van der Waals surface area (Å²) in [6, 6.07) is 3.81. The molecule has 0 saturated carbocycles. The molecule has 2 aromatic heterocycles. The first kappa shape index (κ1) is 20.9. The zero-order valence-electron chi connectivity index (χ0n) is 16.7. The van der Waals surface area contributed by atoms with Gasteiger partial charge in [0.15, 0.2) is 0 Å². The van der Waals surface area contributed by atoms with Crippen LogP contribution < -0.4 is 10.6 Å². The molecule has 1 saturated heterocycles. The highest BCUT2D eigenvalue weighted by atomic mass is 19.4. The minimum Gasteiger partial charge on any atom is -0.381 e. The molecule has 0 bridgehead atoms. The summed E-state index contributed by atoms with van der Waals surface area (Å²) in [5, 5.41) is 10.6. The van der Waals surface area contributed by atoms with Gasteiger partial charge in [-0.3, -0.25) is 4.85 Å². The van der Waals surface area contributed by atoms with Gasteiger partial charge in [0.2, 0.25) is 5.95 Å². The van der Waals surface area contributed by atoms with Gasteiger partial charge in [0.1, 0.15) is 11.4 Å². The van der Waals surface area contributed by atoms with Crippen molar-refractivity contribution >= 4 is 28.4 Å². The number of benzene rings is 1. The molecule has 8 nitrogen and oxygen atoms in total. The molecule has 162 valence electrons. The molecule has 1 aliphatic heterocycles. The zero-order valence-corrected chi connectivity index (χ0v) is 16.7. The lowest BCUT2D eigenvalue weighted by Crippen LogP contribution is -2.15. The van der Waals surface area contributed by atoms with Gasteiger partial charge in [-0.15, -0.1) is 0 Å². The van der Waals surface area contributed by atoms with E-state index >= 15 is 0 Å². The molecule has 0 unspecified atom stereocenters. The Bertz CT molecular complexity index is 1130. The summed E-state index contributed by atoms with van der Waals surface area (Å²) < 4.78 is 46.5. The first-order valence-electron chi connectivity index (χ1n) is 9.70. The van der Waals surface area contributed by atoms with E-state index in [4.69, 9.17) is 11.3 Å². The Hall–Kier alpha value is -3.39. The van der Waals surface area contributed by atoms with Crippen LogP contribution in [0.4, 0.5) is 30.6 Å². The van der Waals surface area contributed by atoms with Gasteiger partial charge in [0, 0.05) is 31.8 Å². The summed E-state index contributed by atoms with van der Waals surface area (Å²) in [5.74, 6) is -0.0103. The summed E-state index contributed by atoms with van der Waals surface area (Å²) in [4.78, 5) is 11.3. The Morgan fingerprint density at radius 1 is 1.26 bits per heavy atom. The number of nitrogens with zero attached hydrogens (tertiary/aromatic N) is 5. The highest BCUT2D eigenvalue weighted by Crippen LogP contribution is 2.37. The molecule has 4 rings (SSSR count). The molecule has 0 aliphatic carbocycles. The molecule has 0 atom stereocenters. The summed E-state index contributed by atoms with van der Waals surface area (Å²) >= 11 is 0. The van der Waals surface area contributed by atoms with E-state index in [1.54, 1.807) is 10.9 Å². The number of halogens is 3. The van der Waals surface area contributed by atoms with Crippen LogP contribution in [0.15, 0.2) is 24.5 Å². The van der Waals surface area contributed by atoms with E-state index in [-0.39, 0.29) is 24.4 Å². The highest BCUT2D eigenvalue weighted by Gasteiger charge is 2.35. The van der Waals surface area contributed by atoms with Crippen LogP contribution in [0.3, 0.4) is 0 Å². The average Bonchev–Trinajstić information content (AvgIpc) is 3.18. The van der Waals surface area contributed by atoms with Crippen LogP contribution in [0.1, 0.15) is 29.9 Å². The predicted molar refractivity (Wildman–Crippen MR) is 109 cm³/mol. The molecule has 0 radical (unpaired) electrons. The van der Waals surface area contributed by atoms with E-state index in [0.29, 0.717) is 18.9 Å². The second-order valence-corrected chi connectivity index (χ2v) is 7.12. The van der Waals surface area contributed by atoms with Crippen molar-refractivity contribution in [3.05, 3.63) is 47.1 Å². The zero-order chi connectivity index (χ0) is 22.0. The van der Waals surface area contributed by atoms with Crippen LogP contribution in [0.2, 0.25) is 0 Å². The molecule has 1 aromatic carbocycles. The molecule has 2 N–H and O–H groups in total. The number of hydrogen-bond acceptors (Lipinski definition) is 6. The van der Waals surface area contributed by atoms with E-state index in [1.807, 2.05) is 12.1 Å². The number of alkyl halides is 3. The standard InChI is InChI=1S/C20H20F3N7O/c1-24-11-30-17-13(12-5-7-31-8-6-12)3-4-16(14(17)9-27-30)28-19-26-10-15(20(21,22)23)18(25-2)29-19/h3-4,9-10,12H,5-8,11H2,2H3,(H2,25,26,28,29). The lowest BCUT2D eigenvalue weighted by Gasteiger charge is -2.23. The summed E-state index contributed by atoms with van der Waals surface area (Å²) in [6.07, 6.45) is -0.417. The maximum absolute atomic E-state index is 13.1. The average molecular weight is 431 g/mol. The Balaban J connectivity index is 1.74. The normalized spacial score (nSPS) is 15.1. The molecule has 3 aromatic rings. The molecule has 11 heteroatoms. The molecule has 0 amide bonds. The number of aromatic nitrogens is 4. The first-order valence-corrected chi connectivity index (χ1v) is 9.70. The van der Waals surface area contributed by atoms with Gasteiger partial charge >= 0.3 is 12.8 Å². The number of fused-ring (bicyclic) bond motifs is 1. The molecular weight excluding hydrogens is 411 g/mol. The first-order chi connectivity index (χ1) is 14.9. The van der Waals surface area contributed by atoms with Gasteiger partial charge in [-0.05, 0) is 30.4 Å². The van der Waals surface area contributed by atoms with E-state index in [9.17, 15) is 13.2 Å². The fourth-order valence-corrected chi connectivity index (χ4v) is 3.81. The molecule has 31 heavy (non-hydrogen) atoms. The third kappa shape index (κ3) is 4.11. The fourth-order valence-electron chi connectivity index (χ4n) is 3.81. The van der Waals surface area contributed by atoms with Gasteiger partial charge in [0.25, 0.3) is 0 Å². The Kier molecular flexibility index (Phi) is 5.65. The number of rotatable bonds is 5. The topological polar surface area (TPSA) is 81.3 Å². The minimum absolute atomic E-state index is 0.0235. The van der Waals surface area contributed by atoms with E-state index in [0.717, 1.165) is 35.5 Å². The van der Waals surface area contributed by atoms with Crippen molar-refractivity contribution in [1.82, 2.24) is 19.7 Å². The van der Waals surface area contributed by atoms with E-state index in [1.165, 1.54) is 7.05 Å². The van der Waals surface area contributed by atoms with Gasteiger partial charge < -0.3 is 15.4 Å². The van der Waals surface area contributed by atoms with Crippen molar-refractivity contribution in [3.63, 3.8) is 0 Å². The molecule has 1 aliphatic rings. The van der Waals surface area contributed by atoms with Crippen LogP contribution in [0, 0.1) is 6.57 Å². The van der Waals surface area contributed by atoms with Crippen molar-refractivity contribution in [2.24, 2.45) is 0 Å². The van der Waals surface area contributed by atoms with E-state index < -0.39 is 11.7 Å². The van der Waals surface area contributed by atoms with Crippen molar-refractivity contribution < 1.29 is 17.9 Å². The molecular formula is C20H20F3N7O. The predicted octanol–water partition coefficient (Wildman–Crippen LogP) is 4.40. The van der Waals surface area contributed by atoms with Gasteiger partial charge in [0.05, 0.1) is 17.4 Å². The summed E-state index contributed by atoms with van der Waals surface area (Å²) in [6.45, 7) is 8.65. The molecule has 0 spiro atoms. The minimum atomic E-state index is -4.56. The van der Waals surface area contributed by atoms with E-state index in [2.05, 4.69) is 30.5 Å². The van der Waals surface area contributed by atoms with Crippen LogP contribution >= 0.6 is 0 Å². The SMILES string of the molecule is [C-]#[N+]Cn1ncc2c(Nc3ncc(C(F)(F)F)c(NC)n3)ccc(C3CCOCC3)c21. The Morgan fingerprint density at radius 2 is 2.03 bits per heavy atom. The van der Waals surface area contributed by atoms with Crippen molar-refractivity contribution in [2.45, 2.75) is 31.6 Å². The second-order valence-electron chi connectivity index (χ2n) is 7.12. The van der Waals surface area contributed by atoms with Gasteiger partial charge in [-0.25, -0.2) is 11.6 Å². The fraction of sp³-hybridized carbons (Fsp3) is 0.400. The maximum Gasteiger partial charge on any atom is 0.421 e. The highest BCUT2D eigenvalue weighted by molar-refractivity contribution is 5.95. The second kappa shape index (κ2) is 8.39. The molecule has 3 heterocycles. The van der Waals surface area contributed by atoms with Gasteiger partial charge in [-0.1, -0.05) is 6.07 Å². The van der Waals surface area contributed by atoms with Crippen LogP contribution in [0.25, 0.3) is 15.7 Å². The van der Waals surface area contributed by atoms with Crippen molar-refractivity contribution in [3.8, 4) is 0 Å². The monoisotopic (exact) mass is 431 g/mol. The number of nitrogens with one attached hydrogen (secondary N) is 2. The smallest absolute Gasteiger partial charge is 0.381 e. The van der Waals surface area contributed by atoms with Crippen molar-refractivity contribution in [1.29, 1.82) is 0 Å². The number of ether oxygens (including phenoxy) is 1. The Labute approximate surface area is 176 Å². The molecule has 1 fully saturated rings. The number of anilines is 3. The quantitative estimate of drug-likeness (QED) is 0.583. The van der Waals surface area contributed by atoms with Crippen LogP contribution in [-0.4, -0.2) is 40.0 Å². The van der Waals surface area contributed by atoms with Crippen LogP contribution in [-0.2, 0) is 17.6 Å². The maximum atomic E-state index is 13.1. The van der Waals surface area contributed by atoms with Gasteiger partial charge in [-0.2, -0.15) is 27.9 Å². The lowest BCUT2D eigenvalue weighted by atomic mass is 9.90. The summed E-state index contributed by atoms with van der Waals surface area (Å²) in [7, 11) is 1.37. The van der Waals surface area contributed by atoms with Crippen molar-refractivity contribution in [2.75, 3.05) is 30.9 Å². The van der Waals surface area contributed by atoms with Crippen LogP contribution in [0.5, 0.6) is 0 Å². The third-order valence-electron chi connectivity index (χ3n) is 5.28.